The van der Waals surface area contributed by atoms with Gasteiger partial charge in [0.05, 0.1) is 7.11 Å². The number of amides is 1. The van der Waals surface area contributed by atoms with Gasteiger partial charge >= 0.3 is 0 Å². The van der Waals surface area contributed by atoms with Crippen molar-refractivity contribution < 1.29 is 17.9 Å². The largest absolute Gasteiger partial charge is 0.495 e. The van der Waals surface area contributed by atoms with Crippen LogP contribution in [0.15, 0.2) is 53.6 Å². The maximum absolute atomic E-state index is 13.3. The summed E-state index contributed by atoms with van der Waals surface area (Å²) in [7, 11) is -2.30. The number of methoxy groups -OCH3 is 1. The van der Waals surface area contributed by atoms with Crippen LogP contribution in [0.25, 0.3) is 10.9 Å². The van der Waals surface area contributed by atoms with E-state index in [1.165, 1.54) is 17.5 Å². The Morgan fingerprint density at radius 1 is 1.09 bits per heavy atom. The predicted molar refractivity (Wildman–Crippen MR) is 125 cm³/mol. The molecule has 0 aliphatic carbocycles. The van der Waals surface area contributed by atoms with Crippen molar-refractivity contribution in [3.63, 3.8) is 0 Å². The van der Waals surface area contributed by atoms with Crippen LogP contribution in [0.1, 0.15) is 41.6 Å². The van der Waals surface area contributed by atoms with Crippen molar-refractivity contribution in [1.82, 2.24) is 14.6 Å². The first-order valence-corrected chi connectivity index (χ1v) is 12.5. The molecule has 1 saturated heterocycles. The summed E-state index contributed by atoms with van der Waals surface area (Å²) >= 11 is 0. The third-order valence-electron chi connectivity index (χ3n) is 5.96. The van der Waals surface area contributed by atoms with Crippen LogP contribution in [0.3, 0.4) is 0 Å². The van der Waals surface area contributed by atoms with E-state index in [0.29, 0.717) is 31.6 Å². The highest BCUT2D eigenvalue weighted by Gasteiger charge is 2.29. The van der Waals surface area contributed by atoms with Gasteiger partial charge in [-0.15, -0.1) is 0 Å². The minimum Gasteiger partial charge on any atom is -0.495 e. The first-order valence-electron chi connectivity index (χ1n) is 11.0. The number of sulfonamides is 1. The molecule has 8 heteroatoms. The zero-order valence-electron chi connectivity index (χ0n) is 18.3. The lowest BCUT2D eigenvalue weighted by atomic mass is 10.1. The van der Waals surface area contributed by atoms with Crippen LogP contribution in [0.4, 0.5) is 0 Å². The van der Waals surface area contributed by atoms with Crippen LogP contribution < -0.4 is 10.1 Å². The van der Waals surface area contributed by atoms with Crippen molar-refractivity contribution in [3.05, 3.63) is 59.8 Å². The number of nitrogens with one attached hydrogen (secondary N) is 2. The second-order valence-corrected chi connectivity index (χ2v) is 9.96. The molecule has 1 aliphatic rings. The van der Waals surface area contributed by atoms with Gasteiger partial charge in [0.1, 0.15) is 10.6 Å². The van der Waals surface area contributed by atoms with E-state index in [2.05, 4.69) is 10.3 Å². The van der Waals surface area contributed by atoms with Crippen molar-refractivity contribution in [2.24, 2.45) is 0 Å². The molecular weight excluding hydrogens is 426 g/mol. The molecule has 0 unspecified atom stereocenters. The van der Waals surface area contributed by atoms with Gasteiger partial charge in [-0.2, -0.15) is 4.31 Å². The molecule has 0 spiro atoms. The zero-order valence-corrected chi connectivity index (χ0v) is 19.1. The highest BCUT2D eigenvalue weighted by atomic mass is 32.2. The van der Waals surface area contributed by atoms with Gasteiger partial charge in [-0.05, 0) is 49.1 Å². The van der Waals surface area contributed by atoms with E-state index in [1.54, 1.807) is 12.1 Å². The molecule has 2 N–H and O–H groups in total. The van der Waals surface area contributed by atoms with E-state index in [0.717, 1.165) is 42.1 Å². The van der Waals surface area contributed by atoms with E-state index in [4.69, 9.17) is 4.74 Å². The summed E-state index contributed by atoms with van der Waals surface area (Å²) in [5.74, 6) is -0.0515. The van der Waals surface area contributed by atoms with Crippen molar-refractivity contribution in [2.45, 2.75) is 37.0 Å². The van der Waals surface area contributed by atoms with E-state index in [9.17, 15) is 13.2 Å². The van der Waals surface area contributed by atoms with Gasteiger partial charge in [0.15, 0.2) is 0 Å². The highest BCUT2D eigenvalue weighted by Crippen LogP contribution is 2.29. The summed E-state index contributed by atoms with van der Waals surface area (Å²) in [6.45, 7) is 1.43. The van der Waals surface area contributed by atoms with Crippen LogP contribution in [-0.4, -0.2) is 50.4 Å². The number of hydrogen-bond acceptors (Lipinski definition) is 4. The van der Waals surface area contributed by atoms with Gasteiger partial charge in [0, 0.05) is 42.3 Å². The molecule has 7 nitrogen and oxygen atoms in total. The average Bonchev–Trinajstić information content (AvgIpc) is 3.02. The third kappa shape index (κ3) is 4.66. The Labute approximate surface area is 188 Å². The van der Waals surface area contributed by atoms with Crippen LogP contribution in [0, 0.1) is 0 Å². The number of H-pyrrole nitrogens is 1. The number of aromatic amines is 1. The standard InChI is InChI=1S/C24H29N3O4S/c1-31-22-11-10-18(16-23(22)32(29,30)27-14-6-2-3-7-15-27)24(28)25-13-12-19-17-26-21-9-5-4-8-20(19)21/h4-5,8-11,16-17,26H,2-3,6-7,12-15H2,1H3,(H,25,28). The number of carbonyl (C=O) groups is 1. The summed E-state index contributed by atoms with van der Waals surface area (Å²) in [6.07, 6.45) is 6.37. The second-order valence-electron chi connectivity index (χ2n) is 8.05. The quantitative estimate of drug-likeness (QED) is 0.568. The molecule has 3 aromatic rings. The minimum atomic E-state index is -3.74. The lowest BCUT2D eigenvalue weighted by molar-refractivity contribution is 0.0954. The molecule has 0 radical (unpaired) electrons. The first kappa shape index (κ1) is 22.4. The molecule has 2 aromatic carbocycles. The van der Waals surface area contributed by atoms with Gasteiger partial charge in [-0.1, -0.05) is 31.0 Å². The Hall–Kier alpha value is -2.84. The molecule has 2 heterocycles. The maximum Gasteiger partial charge on any atom is 0.251 e. The fourth-order valence-electron chi connectivity index (χ4n) is 4.19. The number of ether oxygens (including phenoxy) is 1. The number of hydrogen-bond donors (Lipinski definition) is 2. The number of aromatic nitrogens is 1. The monoisotopic (exact) mass is 455 g/mol. The molecule has 170 valence electrons. The number of rotatable bonds is 7. The molecular formula is C24H29N3O4S. The summed E-state index contributed by atoms with van der Waals surface area (Å²) in [5.41, 5.74) is 2.49. The number of carbonyl (C=O) groups excluding carboxylic acids is 1. The maximum atomic E-state index is 13.3. The SMILES string of the molecule is COc1ccc(C(=O)NCCc2c[nH]c3ccccc23)cc1S(=O)(=O)N1CCCCCC1. The van der Waals surface area contributed by atoms with Gasteiger partial charge in [-0.3, -0.25) is 4.79 Å². The first-order chi connectivity index (χ1) is 15.5. The molecule has 1 aliphatic heterocycles. The van der Waals surface area contributed by atoms with E-state index in [-0.39, 0.29) is 16.6 Å². The van der Waals surface area contributed by atoms with Crippen LogP contribution >= 0.6 is 0 Å². The fraction of sp³-hybridized carbons (Fsp3) is 0.375. The molecule has 4 rings (SSSR count). The number of benzene rings is 2. The lowest BCUT2D eigenvalue weighted by Gasteiger charge is -2.21. The van der Waals surface area contributed by atoms with Gasteiger partial charge in [0.25, 0.3) is 5.91 Å². The summed E-state index contributed by atoms with van der Waals surface area (Å²) in [5, 5.41) is 4.04. The summed E-state index contributed by atoms with van der Waals surface area (Å²) < 4.78 is 33.4. The number of nitrogens with zero attached hydrogens (tertiary/aromatic N) is 1. The van der Waals surface area contributed by atoms with E-state index < -0.39 is 10.0 Å². The van der Waals surface area contributed by atoms with Crippen LogP contribution in [0.2, 0.25) is 0 Å². The van der Waals surface area contributed by atoms with Crippen molar-refractivity contribution in [3.8, 4) is 5.75 Å². The molecule has 32 heavy (non-hydrogen) atoms. The Morgan fingerprint density at radius 2 is 1.84 bits per heavy atom. The average molecular weight is 456 g/mol. The Morgan fingerprint density at radius 3 is 2.59 bits per heavy atom. The lowest BCUT2D eigenvalue weighted by Crippen LogP contribution is -2.32. The summed E-state index contributed by atoms with van der Waals surface area (Å²) in [4.78, 5) is 16.1. The van der Waals surface area contributed by atoms with Gasteiger partial charge in [0.2, 0.25) is 10.0 Å². The number of para-hydroxylation sites is 1. The topological polar surface area (TPSA) is 91.5 Å². The van der Waals surface area contributed by atoms with Crippen molar-refractivity contribution in [1.29, 1.82) is 0 Å². The van der Waals surface area contributed by atoms with Gasteiger partial charge < -0.3 is 15.0 Å². The predicted octanol–water partition coefficient (Wildman–Crippen LogP) is 3.71. The summed E-state index contributed by atoms with van der Waals surface area (Å²) in [6, 6.07) is 12.6. The molecule has 0 atom stereocenters. The van der Waals surface area contributed by atoms with Crippen LogP contribution in [0.5, 0.6) is 5.75 Å². The van der Waals surface area contributed by atoms with Crippen LogP contribution in [-0.2, 0) is 16.4 Å². The molecule has 1 aromatic heterocycles. The smallest absolute Gasteiger partial charge is 0.251 e. The van der Waals surface area contributed by atoms with E-state index >= 15 is 0 Å². The molecule has 1 amide bonds. The molecule has 1 fully saturated rings. The van der Waals surface area contributed by atoms with Crippen molar-refractivity contribution >= 4 is 26.8 Å². The second kappa shape index (κ2) is 9.75. The highest BCUT2D eigenvalue weighted by molar-refractivity contribution is 7.89. The fourth-order valence-corrected chi connectivity index (χ4v) is 5.89. The Balaban J connectivity index is 1.49. The molecule has 0 bridgehead atoms. The Bertz CT molecular complexity index is 1190. The van der Waals surface area contributed by atoms with E-state index in [1.807, 2.05) is 30.5 Å². The zero-order chi connectivity index (χ0) is 22.6. The minimum absolute atomic E-state index is 0.0474. The Kier molecular flexibility index (Phi) is 6.81. The van der Waals surface area contributed by atoms with Gasteiger partial charge in [-0.25, -0.2) is 8.42 Å². The number of fused-ring (bicyclic) bond motifs is 1. The van der Waals surface area contributed by atoms with Crippen molar-refractivity contribution in [2.75, 3.05) is 26.7 Å². The normalized spacial score (nSPS) is 15.4. The third-order valence-corrected chi connectivity index (χ3v) is 7.88. The molecule has 0 saturated carbocycles.